The van der Waals surface area contributed by atoms with Crippen molar-refractivity contribution in [2.45, 2.75) is 71.0 Å². The average molecular weight is 501 g/mol. The molecule has 3 N–H and O–H groups in total. The quantitative estimate of drug-likeness (QED) is 0.484. The van der Waals surface area contributed by atoms with E-state index in [-0.39, 0.29) is 17.8 Å². The zero-order valence-electron chi connectivity index (χ0n) is 18.8. The Kier molecular flexibility index (Phi) is 7.24. The Bertz CT molecular complexity index is 1030. The molecule has 0 aliphatic heterocycles. The molecule has 2 atom stereocenters. The van der Waals surface area contributed by atoms with Crippen LogP contribution in [0.25, 0.3) is 0 Å². The van der Waals surface area contributed by atoms with Gasteiger partial charge in [0.05, 0.1) is 29.3 Å². The molecular formula is C23H29BrN6O2. The molecule has 1 aliphatic rings. The number of halogens is 1. The number of anilines is 3. The van der Waals surface area contributed by atoms with Gasteiger partial charge in [-0.1, -0.05) is 12.8 Å². The summed E-state index contributed by atoms with van der Waals surface area (Å²) in [4.78, 5) is 22.4. The number of aryl methyl sites for hydroxylation is 1. The van der Waals surface area contributed by atoms with E-state index < -0.39 is 11.6 Å². The Morgan fingerprint density at radius 3 is 2.66 bits per heavy atom. The van der Waals surface area contributed by atoms with Gasteiger partial charge in [0, 0.05) is 16.1 Å². The molecule has 1 fully saturated rings. The van der Waals surface area contributed by atoms with Crippen molar-refractivity contribution in [2.75, 3.05) is 10.6 Å². The fourth-order valence-electron chi connectivity index (χ4n) is 4.21. The van der Waals surface area contributed by atoms with E-state index >= 15 is 0 Å². The first-order valence-electron chi connectivity index (χ1n) is 10.7. The van der Waals surface area contributed by atoms with E-state index in [0.29, 0.717) is 11.5 Å². The highest BCUT2D eigenvalue weighted by molar-refractivity contribution is 9.10. The molecule has 2 heterocycles. The first-order chi connectivity index (χ1) is 15.1. The largest absolute Gasteiger partial charge is 0.465 e. The van der Waals surface area contributed by atoms with Crippen molar-refractivity contribution in [3.05, 3.63) is 40.3 Å². The number of pyridine rings is 2. The third-order valence-corrected chi connectivity index (χ3v) is 6.46. The lowest BCUT2D eigenvalue weighted by Crippen LogP contribution is -2.58. The summed E-state index contributed by atoms with van der Waals surface area (Å²) in [5, 5.41) is 26.1. The van der Waals surface area contributed by atoms with Crippen LogP contribution in [-0.4, -0.2) is 43.7 Å². The standard InChI is InChI=1S/C23H29BrN6O2/c1-14-16(24)9-10-21(27-14)29-18-11-15(13-26-19(18)12-25)28-17-7-5-6-8-20(17)30(22(31)32)23(2,3)4/h9-11,13,17,20,28H,5-8H2,1-4H3,(H,27,29)(H,31,32)/t17-,20+/m1/s1. The van der Waals surface area contributed by atoms with Gasteiger partial charge in [-0.05, 0) is 74.7 Å². The van der Waals surface area contributed by atoms with Gasteiger partial charge in [0.2, 0.25) is 0 Å². The second kappa shape index (κ2) is 9.74. The Morgan fingerprint density at radius 2 is 2.03 bits per heavy atom. The van der Waals surface area contributed by atoms with Gasteiger partial charge in [0.15, 0.2) is 5.69 Å². The lowest BCUT2D eigenvalue weighted by molar-refractivity contribution is 0.0520. The van der Waals surface area contributed by atoms with Crippen molar-refractivity contribution in [2.24, 2.45) is 0 Å². The Morgan fingerprint density at radius 1 is 1.31 bits per heavy atom. The SMILES string of the molecule is Cc1nc(Nc2cc(N[C@@H]3CCCC[C@@H]3N(C(=O)O)C(C)(C)C)cnc2C#N)ccc1Br. The van der Waals surface area contributed by atoms with Crippen molar-refractivity contribution >= 4 is 39.2 Å². The molecule has 32 heavy (non-hydrogen) atoms. The molecule has 8 nitrogen and oxygen atoms in total. The molecular weight excluding hydrogens is 472 g/mol. The van der Waals surface area contributed by atoms with Crippen LogP contribution in [0.2, 0.25) is 0 Å². The predicted octanol–water partition coefficient (Wildman–Crippen LogP) is 5.66. The van der Waals surface area contributed by atoms with E-state index in [1.54, 1.807) is 11.1 Å². The van der Waals surface area contributed by atoms with Crippen molar-refractivity contribution < 1.29 is 9.90 Å². The minimum atomic E-state index is -0.909. The van der Waals surface area contributed by atoms with Crippen LogP contribution < -0.4 is 10.6 Å². The second-order valence-corrected chi connectivity index (χ2v) is 9.90. The second-order valence-electron chi connectivity index (χ2n) is 9.05. The number of amides is 1. The monoisotopic (exact) mass is 500 g/mol. The lowest BCUT2D eigenvalue weighted by atomic mass is 9.86. The molecule has 0 radical (unpaired) electrons. The molecule has 3 rings (SSSR count). The number of rotatable bonds is 5. The van der Waals surface area contributed by atoms with Crippen LogP contribution in [0.5, 0.6) is 0 Å². The molecule has 0 spiro atoms. The highest BCUT2D eigenvalue weighted by Crippen LogP contribution is 2.32. The Balaban J connectivity index is 1.87. The van der Waals surface area contributed by atoms with Gasteiger partial charge < -0.3 is 15.7 Å². The van der Waals surface area contributed by atoms with Crippen LogP contribution in [0, 0.1) is 18.3 Å². The molecule has 0 unspecified atom stereocenters. The number of carbonyl (C=O) groups is 1. The molecule has 170 valence electrons. The van der Waals surface area contributed by atoms with E-state index in [1.165, 1.54) is 0 Å². The normalized spacial score (nSPS) is 18.5. The highest BCUT2D eigenvalue weighted by Gasteiger charge is 2.39. The van der Waals surface area contributed by atoms with Crippen LogP contribution in [0.15, 0.2) is 28.9 Å². The zero-order valence-corrected chi connectivity index (χ0v) is 20.4. The minimum absolute atomic E-state index is 0.0466. The first kappa shape index (κ1) is 23.8. The highest BCUT2D eigenvalue weighted by atomic mass is 79.9. The van der Waals surface area contributed by atoms with E-state index in [2.05, 4.69) is 42.6 Å². The number of nitriles is 1. The molecule has 0 aromatic carbocycles. The zero-order chi connectivity index (χ0) is 23.5. The number of hydrogen-bond donors (Lipinski definition) is 3. The summed E-state index contributed by atoms with van der Waals surface area (Å²) in [6.07, 6.45) is 4.41. The maximum atomic E-state index is 12.1. The predicted molar refractivity (Wildman–Crippen MR) is 128 cm³/mol. The lowest BCUT2D eigenvalue weighted by Gasteiger charge is -2.45. The summed E-state index contributed by atoms with van der Waals surface area (Å²) >= 11 is 3.44. The van der Waals surface area contributed by atoms with E-state index in [0.717, 1.165) is 41.5 Å². The maximum Gasteiger partial charge on any atom is 0.408 e. The van der Waals surface area contributed by atoms with Crippen LogP contribution in [0.4, 0.5) is 22.0 Å². The number of hydrogen-bond acceptors (Lipinski definition) is 6. The molecule has 0 bridgehead atoms. The summed E-state index contributed by atoms with van der Waals surface area (Å²) in [7, 11) is 0. The number of nitrogens with zero attached hydrogens (tertiary/aromatic N) is 4. The topological polar surface area (TPSA) is 114 Å². The van der Waals surface area contributed by atoms with Crippen molar-refractivity contribution in [1.29, 1.82) is 5.26 Å². The van der Waals surface area contributed by atoms with Crippen LogP contribution in [0.3, 0.4) is 0 Å². The molecule has 9 heteroatoms. The van der Waals surface area contributed by atoms with Gasteiger partial charge in [-0.25, -0.2) is 14.8 Å². The number of nitrogens with one attached hydrogen (secondary N) is 2. The Labute approximate surface area is 197 Å². The van der Waals surface area contributed by atoms with Gasteiger partial charge in [-0.3, -0.25) is 4.90 Å². The van der Waals surface area contributed by atoms with Gasteiger partial charge >= 0.3 is 6.09 Å². The summed E-state index contributed by atoms with van der Waals surface area (Å²) in [6.45, 7) is 7.66. The molecule has 1 amide bonds. The fourth-order valence-corrected chi connectivity index (χ4v) is 4.43. The number of aromatic nitrogens is 2. The molecule has 2 aromatic heterocycles. The van der Waals surface area contributed by atoms with Crippen LogP contribution >= 0.6 is 15.9 Å². The minimum Gasteiger partial charge on any atom is -0.465 e. The first-order valence-corrected chi connectivity index (χ1v) is 11.5. The molecule has 2 aromatic rings. The van der Waals surface area contributed by atoms with Gasteiger partial charge in [0.1, 0.15) is 11.9 Å². The van der Waals surface area contributed by atoms with Crippen LogP contribution in [-0.2, 0) is 0 Å². The summed E-state index contributed by atoms with van der Waals surface area (Å²) in [5.41, 5.74) is 1.87. The van der Waals surface area contributed by atoms with Crippen molar-refractivity contribution in [3.63, 3.8) is 0 Å². The molecule has 1 saturated carbocycles. The Hall–Kier alpha value is -2.86. The van der Waals surface area contributed by atoms with Crippen LogP contribution in [0.1, 0.15) is 57.8 Å². The maximum absolute atomic E-state index is 12.1. The molecule has 0 saturated heterocycles. The summed E-state index contributed by atoms with van der Waals surface area (Å²) in [5.74, 6) is 0.612. The van der Waals surface area contributed by atoms with Gasteiger partial charge in [-0.2, -0.15) is 5.26 Å². The average Bonchev–Trinajstić information content (AvgIpc) is 2.71. The third-order valence-electron chi connectivity index (χ3n) is 5.62. The third kappa shape index (κ3) is 5.49. The summed E-state index contributed by atoms with van der Waals surface area (Å²) < 4.78 is 0.905. The van der Waals surface area contributed by atoms with Crippen molar-refractivity contribution in [3.8, 4) is 6.07 Å². The van der Waals surface area contributed by atoms with E-state index in [9.17, 15) is 15.2 Å². The van der Waals surface area contributed by atoms with E-state index in [1.807, 2.05) is 45.9 Å². The van der Waals surface area contributed by atoms with Crippen molar-refractivity contribution in [1.82, 2.24) is 14.9 Å². The van der Waals surface area contributed by atoms with Gasteiger partial charge in [-0.15, -0.1) is 0 Å². The molecule has 1 aliphatic carbocycles. The number of carboxylic acid groups (broad SMARTS) is 1. The van der Waals surface area contributed by atoms with E-state index in [4.69, 9.17) is 0 Å². The fraction of sp³-hybridized carbons (Fsp3) is 0.478. The smallest absolute Gasteiger partial charge is 0.408 e. The summed E-state index contributed by atoms with van der Waals surface area (Å²) in [6, 6.07) is 7.46. The van der Waals surface area contributed by atoms with Gasteiger partial charge in [0.25, 0.3) is 0 Å².